The molecule has 4 heteroatoms. The van der Waals surface area contributed by atoms with E-state index in [0.717, 1.165) is 55.9 Å². The van der Waals surface area contributed by atoms with Crippen LogP contribution in [0.3, 0.4) is 0 Å². The Balaban J connectivity index is 1.23. The Hall–Kier alpha value is -2.33. The van der Waals surface area contributed by atoms with Crippen LogP contribution in [0, 0.1) is 17.7 Å². The first kappa shape index (κ1) is 30.6. The second-order valence-corrected chi connectivity index (χ2v) is 12.1. The van der Waals surface area contributed by atoms with Crippen LogP contribution in [0.15, 0.2) is 67.3 Å². The molecule has 2 aliphatic carbocycles. The van der Waals surface area contributed by atoms with E-state index in [-0.39, 0.29) is 5.56 Å². The molecule has 2 aromatic rings. The summed E-state index contributed by atoms with van der Waals surface area (Å²) in [5.74, 6) is 1.93. The average molecular weight is 553 g/mol. The van der Waals surface area contributed by atoms with Crippen LogP contribution in [0.1, 0.15) is 118 Å². The third kappa shape index (κ3) is 9.09. The van der Waals surface area contributed by atoms with Crippen LogP contribution in [0.2, 0.25) is 0 Å². The van der Waals surface area contributed by atoms with E-state index in [1.165, 1.54) is 50.2 Å². The van der Waals surface area contributed by atoms with Gasteiger partial charge in [0.1, 0.15) is 5.82 Å². The highest BCUT2D eigenvalue weighted by atomic mass is 19.3. The summed E-state index contributed by atoms with van der Waals surface area (Å²) in [7, 11) is 0. The Kier molecular flexibility index (Phi) is 11.5. The predicted octanol–water partition coefficient (Wildman–Crippen LogP) is 11.0. The van der Waals surface area contributed by atoms with Crippen LogP contribution >= 0.6 is 0 Å². The van der Waals surface area contributed by atoms with E-state index >= 15 is 0 Å². The zero-order valence-corrected chi connectivity index (χ0v) is 24.2. The molecular formula is C36H47F3O. The van der Waals surface area contributed by atoms with Gasteiger partial charge in [0, 0.05) is 5.56 Å². The van der Waals surface area contributed by atoms with Crippen molar-refractivity contribution in [2.24, 2.45) is 11.8 Å². The van der Waals surface area contributed by atoms with Gasteiger partial charge in [-0.15, -0.1) is 6.58 Å². The quantitative estimate of drug-likeness (QED) is 0.225. The Labute approximate surface area is 239 Å². The highest BCUT2D eigenvalue weighted by molar-refractivity contribution is 5.28. The zero-order chi connectivity index (χ0) is 28.4. The van der Waals surface area contributed by atoms with Gasteiger partial charge in [0.2, 0.25) is 0 Å². The highest BCUT2D eigenvalue weighted by Gasteiger charge is 2.31. The summed E-state index contributed by atoms with van der Waals surface area (Å²) in [6.07, 6.45) is 16.3. The van der Waals surface area contributed by atoms with Crippen molar-refractivity contribution in [3.63, 3.8) is 0 Å². The molecular weight excluding hydrogens is 505 g/mol. The topological polar surface area (TPSA) is 9.23 Å². The first-order valence-corrected chi connectivity index (χ1v) is 15.5. The van der Waals surface area contributed by atoms with Crippen molar-refractivity contribution in [1.29, 1.82) is 0 Å². The first-order chi connectivity index (χ1) is 19.4. The molecule has 0 saturated heterocycles. The van der Waals surface area contributed by atoms with Gasteiger partial charge in [-0.25, -0.2) is 4.39 Å². The van der Waals surface area contributed by atoms with E-state index in [9.17, 15) is 13.2 Å². The second-order valence-electron chi connectivity index (χ2n) is 12.1. The highest BCUT2D eigenvalue weighted by Crippen LogP contribution is 2.39. The van der Waals surface area contributed by atoms with Gasteiger partial charge in [-0.05, 0) is 130 Å². The minimum Gasteiger partial charge on any atom is -0.315 e. The lowest BCUT2D eigenvalue weighted by Gasteiger charge is -2.29. The molecule has 0 aliphatic heterocycles. The smallest absolute Gasteiger partial charge is 0.315 e. The summed E-state index contributed by atoms with van der Waals surface area (Å²) in [5, 5.41) is 0. The molecule has 0 N–H and O–H groups in total. The average Bonchev–Trinajstić information content (AvgIpc) is 2.96. The number of rotatable bonds is 13. The Morgan fingerprint density at radius 2 is 1.40 bits per heavy atom. The summed E-state index contributed by atoms with van der Waals surface area (Å²) in [6, 6.07) is 12.6. The van der Waals surface area contributed by atoms with Gasteiger partial charge < -0.3 is 4.74 Å². The fourth-order valence-corrected chi connectivity index (χ4v) is 6.74. The SMILES string of the molecule is C=CCCC1CCC(c2ccc(COC(F)(F)Cc3ccc(C4CCC(CC/C=C/C)CC4)cc3)c(F)c2)CC1. The van der Waals surface area contributed by atoms with Crippen LogP contribution in [0.5, 0.6) is 0 Å². The number of halogens is 3. The van der Waals surface area contributed by atoms with Crippen molar-refractivity contribution in [2.45, 2.75) is 115 Å². The van der Waals surface area contributed by atoms with Gasteiger partial charge >= 0.3 is 6.11 Å². The molecule has 0 spiro atoms. The summed E-state index contributed by atoms with van der Waals surface area (Å²) < 4.78 is 49.2. The number of alkyl halides is 2. The fourth-order valence-electron chi connectivity index (χ4n) is 6.74. The largest absolute Gasteiger partial charge is 0.360 e. The lowest BCUT2D eigenvalue weighted by atomic mass is 9.77. The van der Waals surface area contributed by atoms with Crippen LogP contribution < -0.4 is 0 Å². The van der Waals surface area contributed by atoms with Gasteiger partial charge in [-0.3, -0.25) is 0 Å². The normalized spacial score (nSPS) is 23.9. The van der Waals surface area contributed by atoms with Gasteiger partial charge in [0.05, 0.1) is 13.0 Å². The minimum atomic E-state index is -3.36. The third-order valence-electron chi connectivity index (χ3n) is 9.30. The van der Waals surface area contributed by atoms with E-state index in [4.69, 9.17) is 4.74 Å². The predicted molar refractivity (Wildman–Crippen MR) is 159 cm³/mol. The molecule has 0 bridgehead atoms. The molecule has 0 heterocycles. The number of benzene rings is 2. The minimum absolute atomic E-state index is 0.180. The summed E-state index contributed by atoms with van der Waals surface area (Å²) in [5.41, 5.74) is 2.93. The molecule has 40 heavy (non-hydrogen) atoms. The second kappa shape index (κ2) is 15.1. The van der Waals surface area contributed by atoms with Crippen molar-refractivity contribution in [1.82, 2.24) is 0 Å². The van der Waals surface area contributed by atoms with Crippen molar-refractivity contribution < 1.29 is 17.9 Å². The molecule has 0 atom stereocenters. The fraction of sp³-hybridized carbons (Fsp3) is 0.556. The van der Waals surface area contributed by atoms with Gasteiger partial charge in [0.25, 0.3) is 0 Å². The molecule has 0 amide bonds. The maximum absolute atomic E-state index is 14.8. The maximum atomic E-state index is 14.8. The Morgan fingerprint density at radius 1 is 0.825 bits per heavy atom. The van der Waals surface area contributed by atoms with Gasteiger partial charge in [-0.2, -0.15) is 8.78 Å². The van der Waals surface area contributed by atoms with Crippen molar-refractivity contribution in [3.8, 4) is 0 Å². The molecule has 0 aromatic heterocycles. The third-order valence-corrected chi connectivity index (χ3v) is 9.30. The summed E-state index contributed by atoms with van der Waals surface area (Å²) in [4.78, 5) is 0. The van der Waals surface area contributed by atoms with E-state index in [1.807, 2.05) is 24.3 Å². The Morgan fingerprint density at radius 3 is 1.98 bits per heavy atom. The molecule has 0 unspecified atom stereocenters. The molecule has 1 nitrogen and oxygen atoms in total. The molecule has 2 aromatic carbocycles. The maximum Gasteiger partial charge on any atom is 0.360 e. The van der Waals surface area contributed by atoms with Crippen LogP contribution in [0.25, 0.3) is 0 Å². The monoisotopic (exact) mass is 552 g/mol. The lowest BCUT2D eigenvalue weighted by molar-refractivity contribution is -0.244. The standard InChI is InChI=1S/C36H47F3O/c1-3-5-7-9-28-10-16-30(17-11-28)31-20-14-29(15-21-31)25-36(38,39)40-26-34-23-22-33(24-35(34)37)32-18-12-27(13-19-32)8-6-4-2/h3-5,14-15,20-24,27-28,30,32H,2,6-13,16-19,25-26H2,1H3/b5-3+. The van der Waals surface area contributed by atoms with Gasteiger partial charge in [-0.1, -0.05) is 54.6 Å². The van der Waals surface area contributed by atoms with Gasteiger partial charge in [0.15, 0.2) is 0 Å². The number of allylic oxidation sites excluding steroid dienone is 3. The van der Waals surface area contributed by atoms with Crippen LogP contribution in [-0.4, -0.2) is 6.11 Å². The molecule has 2 aliphatic rings. The van der Waals surface area contributed by atoms with Crippen LogP contribution in [-0.2, 0) is 17.8 Å². The number of ether oxygens (including phenoxy) is 1. The molecule has 4 rings (SSSR count). The molecule has 218 valence electrons. The Bertz CT molecular complexity index is 1070. The first-order valence-electron chi connectivity index (χ1n) is 15.5. The van der Waals surface area contributed by atoms with Crippen molar-refractivity contribution >= 4 is 0 Å². The van der Waals surface area contributed by atoms with E-state index < -0.39 is 25.0 Å². The molecule has 2 fully saturated rings. The van der Waals surface area contributed by atoms with Crippen LogP contribution in [0.4, 0.5) is 13.2 Å². The molecule has 0 radical (unpaired) electrons. The lowest BCUT2D eigenvalue weighted by Crippen LogP contribution is -2.24. The van der Waals surface area contributed by atoms with E-state index in [0.29, 0.717) is 17.4 Å². The zero-order valence-electron chi connectivity index (χ0n) is 24.2. The number of hydrogen-bond donors (Lipinski definition) is 0. The summed E-state index contributed by atoms with van der Waals surface area (Å²) >= 11 is 0. The number of hydrogen-bond acceptors (Lipinski definition) is 1. The van der Waals surface area contributed by atoms with Crippen molar-refractivity contribution in [2.75, 3.05) is 0 Å². The van der Waals surface area contributed by atoms with Crippen molar-refractivity contribution in [3.05, 3.63) is 95.3 Å². The van der Waals surface area contributed by atoms with E-state index in [2.05, 4.69) is 25.7 Å². The van der Waals surface area contributed by atoms with E-state index in [1.54, 1.807) is 18.2 Å². The summed E-state index contributed by atoms with van der Waals surface area (Å²) in [6.45, 7) is 5.43. The molecule has 2 saturated carbocycles.